The highest BCUT2D eigenvalue weighted by molar-refractivity contribution is 6.22. The monoisotopic (exact) mass is 606 g/mol. The Balaban J connectivity index is 1.45. The van der Waals surface area contributed by atoms with Crippen LogP contribution in [0.5, 0.6) is 0 Å². The summed E-state index contributed by atoms with van der Waals surface area (Å²) in [6.07, 6.45) is 0. The molecule has 0 aliphatic rings. The van der Waals surface area contributed by atoms with E-state index in [1.165, 1.54) is 54.9 Å². The predicted molar refractivity (Wildman–Crippen MR) is 201 cm³/mol. The largest absolute Gasteiger partial charge is 0.455 e. The van der Waals surface area contributed by atoms with E-state index < -0.39 is 0 Å². The van der Waals surface area contributed by atoms with Crippen LogP contribution in [0.25, 0.3) is 77.2 Å². The molecule has 0 amide bonds. The van der Waals surface area contributed by atoms with E-state index in [9.17, 15) is 0 Å². The minimum absolute atomic E-state index is 0.0147. The predicted octanol–water partition coefficient (Wildman–Crippen LogP) is 13.3. The van der Waals surface area contributed by atoms with Gasteiger partial charge in [-0.15, -0.1) is 0 Å². The molecule has 0 atom stereocenters. The van der Waals surface area contributed by atoms with Crippen molar-refractivity contribution >= 4 is 32.5 Å². The van der Waals surface area contributed by atoms with Gasteiger partial charge in [-0.05, 0) is 92.4 Å². The van der Waals surface area contributed by atoms with Crippen LogP contribution in [0, 0.1) is 13.8 Å². The van der Waals surface area contributed by atoms with Crippen LogP contribution in [-0.4, -0.2) is 0 Å². The molecule has 1 heteroatoms. The van der Waals surface area contributed by atoms with Crippen molar-refractivity contribution in [1.82, 2.24) is 0 Å². The SMILES string of the molecule is Cc1ccc(-c2oc3cc(-c4c5ccccc5c(-c5ccccc5)c5ccc(C(C)(C)C)cc45)ccc3c2-c2ccc(C)cc2)cc1. The van der Waals surface area contributed by atoms with E-state index in [2.05, 4.69) is 174 Å². The van der Waals surface area contributed by atoms with E-state index in [-0.39, 0.29) is 5.41 Å². The first-order chi connectivity index (χ1) is 22.8. The Kier molecular flexibility index (Phi) is 6.88. The fourth-order valence-electron chi connectivity index (χ4n) is 7.04. The van der Waals surface area contributed by atoms with Crippen LogP contribution in [0.2, 0.25) is 0 Å². The summed E-state index contributed by atoms with van der Waals surface area (Å²) >= 11 is 0. The van der Waals surface area contributed by atoms with Crippen LogP contribution in [-0.2, 0) is 5.41 Å². The van der Waals surface area contributed by atoms with Crippen molar-refractivity contribution in [1.29, 1.82) is 0 Å². The van der Waals surface area contributed by atoms with Crippen LogP contribution in [0.15, 0.2) is 144 Å². The molecule has 7 aromatic carbocycles. The molecule has 8 rings (SSSR count). The van der Waals surface area contributed by atoms with E-state index in [0.29, 0.717) is 0 Å². The van der Waals surface area contributed by atoms with Crippen molar-refractivity contribution < 1.29 is 4.42 Å². The maximum absolute atomic E-state index is 6.87. The Bertz CT molecular complexity index is 2420. The average molecular weight is 607 g/mol. The Labute approximate surface area is 277 Å². The molecule has 0 unspecified atom stereocenters. The highest BCUT2D eigenvalue weighted by Gasteiger charge is 2.22. The summed E-state index contributed by atoms with van der Waals surface area (Å²) in [6, 6.07) is 51.0. The molecule has 0 bridgehead atoms. The molecule has 0 radical (unpaired) electrons. The zero-order valence-corrected chi connectivity index (χ0v) is 27.7. The van der Waals surface area contributed by atoms with Gasteiger partial charge in [-0.25, -0.2) is 0 Å². The number of benzene rings is 7. The minimum Gasteiger partial charge on any atom is -0.455 e. The van der Waals surface area contributed by atoms with Crippen molar-refractivity contribution in [2.45, 2.75) is 40.0 Å². The Morgan fingerprint density at radius 2 is 0.915 bits per heavy atom. The van der Waals surface area contributed by atoms with Crippen molar-refractivity contribution in [2.75, 3.05) is 0 Å². The zero-order chi connectivity index (χ0) is 32.3. The number of fused-ring (bicyclic) bond motifs is 3. The molecule has 47 heavy (non-hydrogen) atoms. The molecule has 0 aliphatic heterocycles. The summed E-state index contributed by atoms with van der Waals surface area (Å²) in [7, 11) is 0. The Hall–Kier alpha value is -5.40. The number of hydrogen-bond donors (Lipinski definition) is 0. The van der Waals surface area contributed by atoms with Gasteiger partial charge in [0.25, 0.3) is 0 Å². The molecule has 1 aromatic heterocycles. The molecule has 1 nitrogen and oxygen atoms in total. The van der Waals surface area contributed by atoms with Crippen LogP contribution in [0.3, 0.4) is 0 Å². The third-order valence-corrected chi connectivity index (χ3v) is 9.59. The van der Waals surface area contributed by atoms with Gasteiger partial charge in [0, 0.05) is 16.5 Å². The minimum atomic E-state index is 0.0147. The molecule has 0 saturated heterocycles. The van der Waals surface area contributed by atoms with Gasteiger partial charge in [0.2, 0.25) is 0 Å². The third-order valence-electron chi connectivity index (χ3n) is 9.59. The van der Waals surface area contributed by atoms with E-state index >= 15 is 0 Å². The molecule has 0 saturated carbocycles. The standard InChI is InChI=1S/C46H38O/c1-29-15-19-32(20-16-29)44-39-25-23-34(27-41(39)47-45(44)33-21-17-30(2)18-22-33)43-37-14-10-9-13-36(37)42(31-11-7-6-8-12-31)38-26-24-35(28-40(38)43)46(3,4)5/h6-28H,1-5H3. The van der Waals surface area contributed by atoms with Gasteiger partial charge >= 0.3 is 0 Å². The Morgan fingerprint density at radius 1 is 0.404 bits per heavy atom. The maximum atomic E-state index is 6.87. The van der Waals surface area contributed by atoms with E-state index in [1.807, 2.05) is 0 Å². The first kappa shape index (κ1) is 29.0. The molecule has 228 valence electrons. The lowest BCUT2D eigenvalue weighted by atomic mass is 9.81. The summed E-state index contributed by atoms with van der Waals surface area (Å²) in [5.41, 5.74) is 13.0. The molecule has 8 aromatic rings. The number of furan rings is 1. The van der Waals surface area contributed by atoms with E-state index in [4.69, 9.17) is 4.42 Å². The van der Waals surface area contributed by atoms with Crippen LogP contribution in [0.4, 0.5) is 0 Å². The van der Waals surface area contributed by atoms with Crippen molar-refractivity contribution in [3.05, 3.63) is 156 Å². The van der Waals surface area contributed by atoms with Gasteiger partial charge in [0.1, 0.15) is 11.3 Å². The topological polar surface area (TPSA) is 13.1 Å². The van der Waals surface area contributed by atoms with Crippen molar-refractivity contribution in [3.63, 3.8) is 0 Å². The zero-order valence-electron chi connectivity index (χ0n) is 27.7. The first-order valence-corrected chi connectivity index (χ1v) is 16.5. The van der Waals surface area contributed by atoms with Crippen LogP contribution in [0.1, 0.15) is 37.5 Å². The van der Waals surface area contributed by atoms with Gasteiger partial charge in [-0.3, -0.25) is 0 Å². The van der Waals surface area contributed by atoms with Gasteiger partial charge in [0.05, 0.1) is 0 Å². The van der Waals surface area contributed by atoms with Crippen molar-refractivity contribution in [2.24, 2.45) is 0 Å². The third kappa shape index (κ3) is 5.04. The highest BCUT2D eigenvalue weighted by atomic mass is 16.3. The summed E-state index contributed by atoms with van der Waals surface area (Å²) in [6.45, 7) is 11.1. The van der Waals surface area contributed by atoms with Crippen molar-refractivity contribution in [3.8, 4) is 44.7 Å². The fourth-order valence-corrected chi connectivity index (χ4v) is 7.04. The summed E-state index contributed by atoms with van der Waals surface area (Å²) in [5, 5.41) is 6.15. The number of rotatable bonds is 4. The normalized spacial score (nSPS) is 11.9. The number of aryl methyl sites for hydroxylation is 2. The molecule has 0 fully saturated rings. The maximum Gasteiger partial charge on any atom is 0.143 e. The second-order valence-electron chi connectivity index (χ2n) is 13.9. The quantitative estimate of drug-likeness (QED) is 0.182. The second kappa shape index (κ2) is 11.1. The van der Waals surface area contributed by atoms with Gasteiger partial charge in [0.15, 0.2) is 0 Å². The number of hydrogen-bond acceptors (Lipinski definition) is 1. The highest BCUT2D eigenvalue weighted by Crippen LogP contribution is 2.47. The van der Waals surface area contributed by atoms with Crippen LogP contribution < -0.4 is 0 Å². The van der Waals surface area contributed by atoms with E-state index in [1.54, 1.807) is 0 Å². The van der Waals surface area contributed by atoms with Crippen LogP contribution >= 0.6 is 0 Å². The molecule has 0 N–H and O–H groups in total. The van der Waals surface area contributed by atoms with E-state index in [0.717, 1.165) is 39.0 Å². The molecular weight excluding hydrogens is 569 g/mol. The average Bonchev–Trinajstić information content (AvgIpc) is 3.46. The Morgan fingerprint density at radius 3 is 1.55 bits per heavy atom. The fraction of sp³-hybridized carbons (Fsp3) is 0.130. The summed E-state index contributed by atoms with van der Waals surface area (Å²) < 4.78 is 6.87. The summed E-state index contributed by atoms with van der Waals surface area (Å²) in [4.78, 5) is 0. The lowest BCUT2D eigenvalue weighted by molar-refractivity contribution is 0.591. The lowest BCUT2D eigenvalue weighted by Crippen LogP contribution is -2.10. The second-order valence-corrected chi connectivity index (χ2v) is 13.9. The molecule has 0 spiro atoms. The molecule has 0 aliphatic carbocycles. The van der Waals surface area contributed by atoms with Gasteiger partial charge in [-0.2, -0.15) is 0 Å². The lowest BCUT2D eigenvalue weighted by Gasteiger charge is -2.23. The molecular formula is C46H38O. The van der Waals surface area contributed by atoms with Gasteiger partial charge < -0.3 is 4.42 Å². The molecule has 1 heterocycles. The van der Waals surface area contributed by atoms with Gasteiger partial charge in [-0.1, -0.05) is 153 Å². The summed E-state index contributed by atoms with van der Waals surface area (Å²) in [5.74, 6) is 0.908. The smallest absolute Gasteiger partial charge is 0.143 e. The first-order valence-electron chi connectivity index (χ1n) is 16.5.